The number of aliphatic carboxylic acids is 2. The summed E-state index contributed by atoms with van der Waals surface area (Å²) >= 11 is 0. The number of non-ortho nitro benzene ring substituents is 2. The molecule has 0 aromatic heterocycles. The molecule has 0 heterocycles. The molecular formula is C26H42N2O8. The molecule has 204 valence electrons. The van der Waals surface area contributed by atoms with Crippen molar-refractivity contribution in [3.8, 4) is 0 Å². The summed E-state index contributed by atoms with van der Waals surface area (Å²) in [6.07, 6.45) is 17.5. The van der Waals surface area contributed by atoms with Gasteiger partial charge in [-0.2, -0.15) is 0 Å². The van der Waals surface area contributed by atoms with Crippen LogP contribution in [0.25, 0.3) is 0 Å². The normalized spacial score (nSPS) is 10.8. The van der Waals surface area contributed by atoms with E-state index in [1.165, 1.54) is 95.8 Å². The Labute approximate surface area is 213 Å². The van der Waals surface area contributed by atoms with Gasteiger partial charge in [0, 0.05) is 12.1 Å². The first kappa shape index (κ1) is 33.0. The van der Waals surface area contributed by atoms with Gasteiger partial charge >= 0.3 is 11.9 Å². The topological polar surface area (TPSA) is 161 Å². The quantitative estimate of drug-likeness (QED) is 0.0834. The molecule has 10 nitrogen and oxygen atoms in total. The Hall–Kier alpha value is -3.04. The Balaban J connectivity index is 0.000000846. The van der Waals surface area contributed by atoms with Crippen molar-refractivity contribution in [2.45, 2.75) is 110 Å². The first-order chi connectivity index (χ1) is 17.1. The van der Waals surface area contributed by atoms with E-state index in [-0.39, 0.29) is 17.8 Å². The lowest BCUT2D eigenvalue weighted by atomic mass is 9.85. The summed E-state index contributed by atoms with van der Waals surface area (Å²) in [4.78, 5) is 41.1. The SMILES string of the molecule is CCCCCCCCCCCCCCCCC(C)(C(=O)O)C(=O)O.O=[N+]([O-])c1cccc([N+](=O)[O-])c1. The average Bonchev–Trinajstić information content (AvgIpc) is 2.84. The summed E-state index contributed by atoms with van der Waals surface area (Å²) in [6, 6.07) is 4.59. The van der Waals surface area contributed by atoms with E-state index in [0.29, 0.717) is 6.42 Å². The maximum absolute atomic E-state index is 11.0. The highest BCUT2D eigenvalue weighted by atomic mass is 16.6. The fourth-order valence-electron chi connectivity index (χ4n) is 3.70. The molecule has 0 saturated carbocycles. The van der Waals surface area contributed by atoms with Crippen molar-refractivity contribution in [3.63, 3.8) is 0 Å². The molecular weight excluding hydrogens is 468 g/mol. The third-order valence-corrected chi connectivity index (χ3v) is 6.23. The van der Waals surface area contributed by atoms with Crippen molar-refractivity contribution in [3.05, 3.63) is 44.5 Å². The third-order valence-electron chi connectivity index (χ3n) is 6.23. The fourth-order valence-corrected chi connectivity index (χ4v) is 3.70. The molecule has 0 atom stereocenters. The van der Waals surface area contributed by atoms with Gasteiger partial charge in [-0.3, -0.25) is 29.8 Å². The fraction of sp³-hybridized carbons (Fsp3) is 0.692. The highest BCUT2D eigenvalue weighted by Crippen LogP contribution is 2.26. The van der Waals surface area contributed by atoms with E-state index in [1.807, 2.05) is 0 Å². The summed E-state index contributed by atoms with van der Waals surface area (Å²) in [6.45, 7) is 3.55. The van der Waals surface area contributed by atoms with Crippen LogP contribution in [0.4, 0.5) is 11.4 Å². The second-order valence-electron chi connectivity index (χ2n) is 9.32. The van der Waals surface area contributed by atoms with Gasteiger partial charge in [0.1, 0.15) is 0 Å². The van der Waals surface area contributed by atoms with Gasteiger partial charge in [-0.05, 0) is 19.4 Å². The van der Waals surface area contributed by atoms with Crippen molar-refractivity contribution < 1.29 is 29.6 Å². The zero-order valence-corrected chi connectivity index (χ0v) is 21.7. The minimum Gasteiger partial charge on any atom is -0.480 e. The van der Waals surface area contributed by atoms with E-state index in [2.05, 4.69) is 6.92 Å². The van der Waals surface area contributed by atoms with Crippen LogP contribution in [0.2, 0.25) is 0 Å². The standard InChI is InChI=1S/C20H38O4.C6H4N2O4/c1-3-4-5-6-7-8-9-10-11-12-13-14-15-16-17-20(2,18(21)22)19(23)24;9-7(10)5-2-1-3-6(4-5)8(11)12/h3-17H2,1-2H3,(H,21,22)(H,23,24);1-4H. The zero-order valence-electron chi connectivity index (χ0n) is 21.7. The van der Waals surface area contributed by atoms with E-state index in [4.69, 9.17) is 10.2 Å². The Morgan fingerprint density at radius 1 is 0.722 bits per heavy atom. The van der Waals surface area contributed by atoms with Crippen molar-refractivity contribution in [2.75, 3.05) is 0 Å². The number of hydrogen-bond donors (Lipinski definition) is 2. The molecule has 0 unspecified atom stereocenters. The monoisotopic (exact) mass is 510 g/mol. The number of hydrogen-bond acceptors (Lipinski definition) is 6. The number of rotatable bonds is 19. The van der Waals surface area contributed by atoms with Crippen LogP contribution in [0.1, 0.15) is 110 Å². The molecule has 0 saturated heterocycles. The predicted molar refractivity (Wildman–Crippen MR) is 138 cm³/mol. The van der Waals surface area contributed by atoms with Gasteiger partial charge in [0.15, 0.2) is 5.41 Å². The van der Waals surface area contributed by atoms with Crippen molar-refractivity contribution in [1.82, 2.24) is 0 Å². The Bertz CT molecular complexity index is 770. The first-order valence-corrected chi connectivity index (χ1v) is 12.9. The zero-order chi connectivity index (χ0) is 27.4. The van der Waals surface area contributed by atoms with Gasteiger partial charge in [-0.15, -0.1) is 0 Å². The highest BCUT2D eigenvalue weighted by Gasteiger charge is 2.40. The molecule has 0 aliphatic carbocycles. The Kier molecular flexibility index (Phi) is 17.6. The molecule has 10 heteroatoms. The van der Waals surface area contributed by atoms with E-state index in [9.17, 15) is 29.8 Å². The lowest BCUT2D eigenvalue weighted by molar-refractivity contribution is -0.394. The maximum Gasteiger partial charge on any atom is 0.320 e. The van der Waals surface area contributed by atoms with E-state index in [1.54, 1.807) is 0 Å². The Morgan fingerprint density at radius 2 is 1.06 bits per heavy atom. The summed E-state index contributed by atoms with van der Waals surface area (Å²) in [5, 5.41) is 38.4. The second kappa shape index (κ2) is 19.2. The van der Waals surface area contributed by atoms with Gasteiger partial charge in [0.05, 0.1) is 15.9 Å². The van der Waals surface area contributed by atoms with Crippen LogP contribution in [0.5, 0.6) is 0 Å². The number of carboxylic acids is 2. The van der Waals surface area contributed by atoms with Gasteiger partial charge < -0.3 is 10.2 Å². The van der Waals surface area contributed by atoms with Gasteiger partial charge in [0.2, 0.25) is 0 Å². The summed E-state index contributed by atoms with van der Waals surface area (Å²) in [7, 11) is 0. The minimum atomic E-state index is -1.63. The van der Waals surface area contributed by atoms with Crippen molar-refractivity contribution in [1.29, 1.82) is 0 Å². The van der Waals surface area contributed by atoms with Gasteiger partial charge in [-0.25, -0.2) is 0 Å². The van der Waals surface area contributed by atoms with E-state index in [0.717, 1.165) is 18.9 Å². The number of nitrogens with zero attached hydrogens (tertiary/aromatic N) is 2. The average molecular weight is 511 g/mol. The third kappa shape index (κ3) is 14.4. The molecule has 0 fully saturated rings. The molecule has 0 amide bonds. The molecule has 0 bridgehead atoms. The summed E-state index contributed by atoms with van der Waals surface area (Å²) in [5.41, 5.74) is -2.18. The van der Waals surface area contributed by atoms with Crippen LogP contribution >= 0.6 is 0 Å². The molecule has 1 aromatic carbocycles. The second-order valence-corrected chi connectivity index (χ2v) is 9.32. The predicted octanol–water partition coefficient (Wildman–Crippen LogP) is 7.54. The van der Waals surface area contributed by atoms with Crippen LogP contribution in [0.3, 0.4) is 0 Å². The number of carboxylic acid groups (broad SMARTS) is 2. The summed E-state index contributed by atoms with van der Waals surface area (Å²) < 4.78 is 0. The van der Waals surface area contributed by atoms with Crippen LogP contribution < -0.4 is 0 Å². The number of unbranched alkanes of at least 4 members (excludes halogenated alkanes) is 13. The van der Waals surface area contributed by atoms with Crippen LogP contribution in [0, 0.1) is 25.6 Å². The lowest BCUT2D eigenvalue weighted by Gasteiger charge is -2.19. The smallest absolute Gasteiger partial charge is 0.320 e. The number of benzene rings is 1. The number of nitro benzene ring substituents is 2. The first-order valence-electron chi connectivity index (χ1n) is 12.9. The van der Waals surface area contributed by atoms with Gasteiger partial charge in [0.25, 0.3) is 11.4 Å². The van der Waals surface area contributed by atoms with Gasteiger partial charge in [-0.1, -0.05) is 96.8 Å². The van der Waals surface area contributed by atoms with Crippen LogP contribution in [-0.4, -0.2) is 32.0 Å². The maximum atomic E-state index is 11.0. The minimum absolute atomic E-state index is 0.218. The van der Waals surface area contributed by atoms with Crippen molar-refractivity contribution >= 4 is 23.3 Å². The molecule has 0 aliphatic heterocycles. The van der Waals surface area contributed by atoms with Crippen molar-refractivity contribution in [2.24, 2.45) is 5.41 Å². The molecule has 2 N–H and O–H groups in total. The largest absolute Gasteiger partial charge is 0.480 e. The van der Waals surface area contributed by atoms with Crippen LogP contribution in [-0.2, 0) is 9.59 Å². The summed E-state index contributed by atoms with van der Waals surface area (Å²) in [5.74, 6) is -2.46. The van der Waals surface area contributed by atoms with E-state index < -0.39 is 27.2 Å². The Morgan fingerprint density at radius 3 is 1.36 bits per heavy atom. The van der Waals surface area contributed by atoms with Crippen LogP contribution in [0.15, 0.2) is 24.3 Å². The molecule has 0 radical (unpaired) electrons. The number of carbonyl (C=O) groups is 2. The number of nitro groups is 2. The lowest BCUT2D eigenvalue weighted by Crippen LogP contribution is -2.36. The molecule has 1 rings (SSSR count). The van der Waals surface area contributed by atoms with E-state index >= 15 is 0 Å². The highest BCUT2D eigenvalue weighted by molar-refractivity contribution is 5.97. The molecule has 0 spiro atoms. The molecule has 1 aromatic rings. The molecule has 36 heavy (non-hydrogen) atoms. The molecule has 0 aliphatic rings.